The van der Waals surface area contributed by atoms with E-state index in [0.29, 0.717) is 11.5 Å². The Balaban J connectivity index is 0.000000161. The second-order valence-corrected chi connectivity index (χ2v) is 6.24. The van der Waals surface area contributed by atoms with E-state index in [0.717, 1.165) is 22.2 Å². The molecule has 2 N–H and O–H groups in total. The quantitative estimate of drug-likeness (QED) is 0.245. The van der Waals surface area contributed by atoms with Crippen molar-refractivity contribution >= 4 is 28.0 Å². The molecule has 0 saturated carbocycles. The van der Waals surface area contributed by atoms with E-state index in [1.54, 1.807) is 14.2 Å². The summed E-state index contributed by atoms with van der Waals surface area (Å²) in [5.74, 6) is 6.51. The summed E-state index contributed by atoms with van der Waals surface area (Å²) in [6.07, 6.45) is 1.51. The molecule has 4 rings (SSSR count). The van der Waals surface area contributed by atoms with E-state index < -0.39 is 0 Å². The van der Waals surface area contributed by atoms with Gasteiger partial charge in [-0.25, -0.2) is 4.98 Å². The number of ether oxygens (including phenoxy) is 2. The van der Waals surface area contributed by atoms with Crippen LogP contribution in [0.25, 0.3) is 21.8 Å². The average molecular weight is 373 g/mol. The normalized spacial score (nSPS) is 10.7. The summed E-state index contributed by atoms with van der Waals surface area (Å²) in [6, 6.07) is 22.4. The van der Waals surface area contributed by atoms with E-state index in [1.165, 1.54) is 17.0 Å². The number of hydrazone groups is 1. The lowest BCUT2D eigenvalue weighted by Gasteiger charge is -2.10. The van der Waals surface area contributed by atoms with Crippen LogP contribution in [0.4, 0.5) is 0 Å². The molecule has 0 aliphatic heterocycles. The van der Waals surface area contributed by atoms with Crippen molar-refractivity contribution in [1.29, 1.82) is 0 Å². The van der Waals surface area contributed by atoms with Gasteiger partial charge in [-0.2, -0.15) is 5.10 Å². The highest BCUT2D eigenvalue weighted by Gasteiger charge is 2.08. The first-order valence-corrected chi connectivity index (χ1v) is 8.86. The molecule has 1 heterocycles. The van der Waals surface area contributed by atoms with Gasteiger partial charge < -0.3 is 15.3 Å². The summed E-state index contributed by atoms with van der Waals surface area (Å²) >= 11 is 0. The summed E-state index contributed by atoms with van der Waals surface area (Å²) in [5, 5.41) is 5.87. The Morgan fingerprint density at radius 2 is 1.32 bits per heavy atom. The molecule has 0 unspecified atom stereocenters. The van der Waals surface area contributed by atoms with Crippen molar-refractivity contribution in [3.63, 3.8) is 0 Å². The van der Waals surface area contributed by atoms with Gasteiger partial charge in [0.05, 0.1) is 37.0 Å². The number of hydrogen-bond donors (Lipinski definition) is 1. The minimum Gasteiger partial charge on any atom is -0.496 e. The standard InChI is InChI=1S/C13H9N.C10H14N2O2/c1-3-7-12-10(5-1)9-11-6-2-4-8-13(11)14-12;1-7-4-9(13-2)8(6-12-11)10(5-7)14-3/h1-9H;4-6H,11H2,1-3H3/b;12-6+. The van der Waals surface area contributed by atoms with E-state index in [2.05, 4.69) is 28.3 Å². The number of aryl methyl sites for hydroxylation is 1. The summed E-state index contributed by atoms with van der Waals surface area (Å²) in [7, 11) is 3.20. The lowest BCUT2D eigenvalue weighted by Crippen LogP contribution is -1.98. The zero-order valence-electron chi connectivity index (χ0n) is 16.2. The van der Waals surface area contributed by atoms with Gasteiger partial charge in [-0.05, 0) is 42.8 Å². The van der Waals surface area contributed by atoms with Crippen LogP contribution in [0, 0.1) is 6.92 Å². The molecule has 0 atom stereocenters. The molecule has 3 aromatic carbocycles. The van der Waals surface area contributed by atoms with Crippen LogP contribution >= 0.6 is 0 Å². The molecule has 0 aliphatic rings. The van der Waals surface area contributed by atoms with E-state index >= 15 is 0 Å². The summed E-state index contributed by atoms with van der Waals surface area (Å²) < 4.78 is 10.4. The molecule has 5 nitrogen and oxygen atoms in total. The van der Waals surface area contributed by atoms with E-state index in [-0.39, 0.29) is 0 Å². The molecular formula is C23H23N3O2. The van der Waals surface area contributed by atoms with Gasteiger partial charge in [0.1, 0.15) is 11.5 Å². The van der Waals surface area contributed by atoms with Gasteiger partial charge >= 0.3 is 0 Å². The molecule has 0 fully saturated rings. The number of aromatic nitrogens is 1. The summed E-state index contributed by atoms with van der Waals surface area (Å²) in [6.45, 7) is 1.97. The molecule has 0 saturated heterocycles. The molecule has 0 amide bonds. The number of rotatable bonds is 3. The largest absolute Gasteiger partial charge is 0.496 e. The molecule has 4 aromatic rings. The number of benzene rings is 3. The van der Waals surface area contributed by atoms with Crippen LogP contribution in [-0.2, 0) is 0 Å². The molecule has 0 aliphatic carbocycles. The molecule has 0 radical (unpaired) electrons. The zero-order valence-corrected chi connectivity index (χ0v) is 16.2. The molecule has 0 bridgehead atoms. The molecule has 0 spiro atoms. The fourth-order valence-corrected chi connectivity index (χ4v) is 2.99. The van der Waals surface area contributed by atoms with Gasteiger partial charge in [-0.3, -0.25) is 0 Å². The number of hydrogen-bond acceptors (Lipinski definition) is 5. The second kappa shape index (κ2) is 8.86. The molecule has 142 valence electrons. The van der Waals surface area contributed by atoms with Gasteiger partial charge in [-0.15, -0.1) is 0 Å². The van der Waals surface area contributed by atoms with Crippen molar-refractivity contribution in [1.82, 2.24) is 4.98 Å². The van der Waals surface area contributed by atoms with Gasteiger partial charge in [-0.1, -0.05) is 36.4 Å². The molecule has 1 aromatic heterocycles. The first-order chi connectivity index (χ1) is 13.7. The Morgan fingerprint density at radius 1 is 0.821 bits per heavy atom. The van der Waals surface area contributed by atoms with Crippen molar-refractivity contribution < 1.29 is 9.47 Å². The van der Waals surface area contributed by atoms with Crippen LogP contribution in [-0.4, -0.2) is 25.4 Å². The van der Waals surface area contributed by atoms with Crippen molar-refractivity contribution in [2.45, 2.75) is 6.92 Å². The minimum absolute atomic E-state index is 0.705. The number of nitrogens with two attached hydrogens (primary N) is 1. The predicted molar refractivity (Wildman–Crippen MR) is 115 cm³/mol. The lowest BCUT2D eigenvalue weighted by atomic mass is 10.1. The maximum absolute atomic E-state index is 5.19. The van der Waals surface area contributed by atoms with Crippen LogP contribution in [0.15, 0.2) is 71.8 Å². The topological polar surface area (TPSA) is 69.7 Å². The smallest absolute Gasteiger partial charge is 0.131 e. The number of nitrogens with zero attached hydrogens (tertiary/aromatic N) is 2. The minimum atomic E-state index is 0.705. The van der Waals surface area contributed by atoms with Crippen molar-refractivity contribution in [2.75, 3.05) is 14.2 Å². The first kappa shape index (κ1) is 19.2. The number of pyridine rings is 1. The molecule has 28 heavy (non-hydrogen) atoms. The highest BCUT2D eigenvalue weighted by molar-refractivity contribution is 5.92. The Bertz CT molecular complexity index is 993. The third-order valence-electron chi connectivity index (χ3n) is 4.32. The number of fused-ring (bicyclic) bond motifs is 2. The summed E-state index contributed by atoms with van der Waals surface area (Å²) in [5.41, 5.74) is 3.94. The van der Waals surface area contributed by atoms with Crippen molar-refractivity contribution in [3.05, 3.63) is 77.9 Å². The van der Waals surface area contributed by atoms with Gasteiger partial charge in [0, 0.05) is 10.8 Å². The third kappa shape index (κ3) is 4.20. The van der Waals surface area contributed by atoms with E-state index in [9.17, 15) is 0 Å². The van der Waals surface area contributed by atoms with Crippen LogP contribution in [0.2, 0.25) is 0 Å². The SMILES string of the molecule is COc1cc(C)cc(OC)c1/C=N/N.c1ccc2nc3ccccc3cc2c1. The number of methoxy groups -OCH3 is 2. The Labute approximate surface area is 164 Å². The highest BCUT2D eigenvalue weighted by atomic mass is 16.5. The van der Waals surface area contributed by atoms with Crippen LogP contribution < -0.4 is 15.3 Å². The summed E-state index contributed by atoms with van der Waals surface area (Å²) in [4.78, 5) is 4.58. The van der Waals surface area contributed by atoms with E-state index in [1.807, 2.05) is 55.5 Å². The van der Waals surface area contributed by atoms with Gasteiger partial charge in [0.2, 0.25) is 0 Å². The molecule has 5 heteroatoms. The van der Waals surface area contributed by atoms with Crippen LogP contribution in [0.3, 0.4) is 0 Å². The highest BCUT2D eigenvalue weighted by Crippen LogP contribution is 2.28. The van der Waals surface area contributed by atoms with E-state index in [4.69, 9.17) is 15.3 Å². The maximum Gasteiger partial charge on any atom is 0.131 e. The Kier molecular flexibility index (Phi) is 6.07. The van der Waals surface area contributed by atoms with Crippen molar-refractivity contribution in [2.24, 2.45) is 10.9 Å². The third-order valence-corrected chi connectivity index (χ3v) is 4.32. The monoisotopic (exact) mass is 373 g/mol. The van der Waals surface area contributed by atoms with Gasteiger partial charge in [0.25, 0.3) is 0 Å². The maximum atomic E-state index is 5.19. The lowest BCUT2D eigenvalue weighted by molar-refractivity contribution is 0.392. The predicted octanol–water partition coefficient (Wildman–Crippen LogP) is 4.69. The fraction of sp³-hybridized carbons (Fsp3) is 0.130. The van der Waals surface area contributed by atoms with Crippen LogP contribution in [0.1, 0.15) is 11.1 Å². The zero-order chi connectivity index (χ0) is 19.9. The Hall–Kier alpha value is -3.60. The van der Waals surface area contributed by atoms with Gasteiger partial charge in [0.15, 0.2) is 0 Å². The van der Waals surface area contributed by atoms with Crippen molar-refractivity contribution in [3.8, 4) is 11.5 Å². The van der Waals surface area contributed by atoms with Crippen LogP contribution in [0.5, 0.6) is 11.5 Å². The average Bonchev–Trinajstić information content (AvgIpc) is 2.73. The second-order valence-electron chi connectivity index (χ2n) is 6.24. The fourth-order valence-electron chi connectivity index (χ4n) is 2.99. The molecular weight excluding hydrogens is 350 g/mol. The Morgan fingerprint density at radius 3 is 1.79 bits per heavy atom. The number of para-hydroxylation sites is 2. The first-order valence-electron chi connectivity index (χ1n) is 8.86.